The van der Waals surface area contributed by atoms with Gasteiger partial charge in [-0.1, -0.05) is 34.6 Å². The molecule has 1 atom stereocenters. The van der Waals surface area contributed by atoms with Gasteiger partial charge in [0.1, 0.15) is 0 Å². The number of carbonyl (C=O) groups is 1. The van der Waals surface area contributed by atoms with Crippen molar-refractivity contribution in [3.8, 4) is 0 Å². The maximum atomic E-state index is 11.7. The van der Waals surface area contributed by atoms with Crippen LogP contribution in [0.4, 0.5) is 0 Å². The Bertz CT molecular complexity index is 194. The van der Waals surface area contributed by atoms with Crippen molar-refractivity contribution < 1.29 is 4.79 Å². The predicted molar refractivity (Wildman–Crippen MR) is 64.5 cm³/mol. The lowest BCUT2D eigenvalue weighted by Gasteiger charge is -2.24. The van der Waals surface area contributed by atoms with E-state index in [1.807, 2.05) is 0 Å². The lowest BCUT2D eigenvalue weighted by molar-refractivity contribution is -0.123. The Morgan fingerprint density at radius 2 is 1.87 bits per heavy atom. The standard InChI is InChI=1S/C12H26N2O/c1-9(2)10(6-7-13)14-11(15)8-12(3,4)5/h9-10H,6-8,13H2,1-5H3,(H,14,15). The summed E-state index contributed by atoms with van der Waals surface area (Å²) < 4.78 is 0. The number of hydrogen-bond donors (Lipinski definition) is 2. The Balaban J connectivity index is 4.11. The molecule has 0 aliphatic heterocycles. The van der Waals surface area contributed by atoms with Gasteiger partial charge in [0.15, 0.2) is 0 Å². The van der Waals surface area contributed by atoms with Crippen molar-refractivity contribution in [2.24, 2.45) is 17.1 Å². The molecular formula is C12H26N2O. The number of carbonyl (C=O) groups excluding carboxylic acids is 1. The van der Waals surface area contributed by atoms with E-state index in [2.05, 4.69) is 39.9 Å². The molecule has 0 aliphatic rings. The van der Waals surface area contributed by atoms with Crippen LogP contribution in [-0.4, -0.2) is 18.5 Å². The van der Waals surface area contributed by atoms with Crippen LogP contribution in [0.5, 0.6) is 0 Å². The first-order valence-electron chi connectivity index (χ1n) is 5.75. The van der Waals surface area contributed by atoms with Crippen molar-refractivity contribution in [3.63, 3.8) is 0 Å². The molecule has 0 radical (unpaired) electrons. The molecule has 1 amide bonds. The molecule has 3 heteroatoms. The molecule has 0 saturated carbocycles. The van der Waals surface area contributed by atoms with E-state index in [1.165, 1.54) is 0 Å². The lowest BCUT2D eigenvalue weighted by Crippen LogP contribution is -2.41. The van der Waals surface area contributed by atoms with Crippen molar-refractivity contribution in [1.29, 1.82) is 0 Å². The van der Waals surface area contributed by atoms with Gasteiger partial charge in [-0.2, -0.15) is 0 Å². The van der Waals surface area contributed by atoms with Crippen LogP contribution in [0.1, 0.15) is 47.5 Å². The maximum Gasteiger partial charge on any atom is 0.220 e. The van der Waals surface area contributed by atoms with E-state index < -0.39 is 0 Å². The molecule has 0 bridgehead atoms. The second-order valence-electron chi connectivity index (χ2n) is 5.73. The first-order valence-corrected chi connectivity index (χ1v) is 5.75. The highest BCUT2D eigenvalue weighted by Gasteiger charge is 2.20. The van der Waals surface area contributed by atoms with Crippen LogP contribution in [0.3, 0.4) is 0 Å². The highest BCUT2D eigenvalue weighted by molar-refractivity contribution is 5.76. The van der Waals surface area contributed by atoms with Gasteiger partial charge in [0, 0.05) is 12.5 Å². The van der Waals surface area contributed by atoms with Gasteiger partial charge in [-0.15, -0.1) is 0 Å². The zero-order valence-electron chi connectivity index (χ0n) is 10.8. The topological polar surface area (TPSA) is 55.1 Å². The van der Waals surface area contributed by atoms with Gasteiger partial charge >= 0.3 is 0 Å². The van der Waals surface area contributed by atoms with Gasteiger partial charge < -0.3 is 11.1 Å². The number of amides is 1. The zero-order valence-corrected chi connectivity index (χ0v) is 10.8. The van der Waals surface area contributed by atoms with E-state index in [4.69, 9.17) is 5.73 Å². The van der Waals surface area contributed by atoms with E-state index >= 15 is 0 Å². The molecule has 0 aliphatic carbocycles. The molecule has 3 nitrogen and oxygen atoms in total. The SMILES string of the molecule is CC(C)C(CCN)NC(=O)CC(C)(C)C. The van der Waals surface area contributed by atoms with Crippen LogP contribution in [0.25, 0.3) is 0 Å². The van der Waals surface area contributed by atoms with Crippen LogP contribution in [-0.2, 0) is 4.79 Å². The Labute approximate surface area is 93.8 Å². The lowest BCUT2D eigenvalue weighted by atomic mass is 9.91. The summed E-state index contributed by atoms with van der Waals surface area (Å²) in [6.07, 6.45) is 1.42. The van der Waals surface area contributed by atoms with E-state index in [9.17, 15) is 4.79 Å². The fourth-order valence-corrected chi connectivity index (χ4v) is 1.49. The monoisotopic (exact) mass is 214 g/mol. The predicted octanol–water partition coefficient (Wildman–Crippen LogP) is 1.91. The van der Waals surface area contributed by atoms with Crippen molar-refractivity contribution >= 4 is 5.91 Å². The summed E-state index contributed by atoms with van der Waals surface area (Å²) >= 11 is 0. The van der Waals surface area contributed by atoms with Crippen molar-refractivity contribution in [1.82, 2.24) is 5.32 Å². The second kappa shape index (κ2) is 6.11. The number of nitrogens with one attached hydrogen (secondary N) is 1. The van der Waals surface area contributed by atoms with Crippen LogP contribution in [0, 0.1) is 11.3 Å². The Morgan fingerprint density at radius 1 is 1.33 bits per heavy atom. The number of rotatable bonds is 5. The summed E-state index contributed by atoms with van der Waals surface area (Å²) in [7, 11) is 0. The van der Waals surface area contributed by atoms with Crippen LogP contribution >= 0.6 is 0 Å². The minimum Gasteiger partial charge on any atom is -0.353 e. The molecule has 0 rings (SSSR count). The van der Waals surface area contributed by atoms with Gasteiger partial charge in [0.25, 0.3) is 0 Å². The third kappa shape index (κ3) is 7.37. The molecule has 0 saturated heterocycles. The Morgan fingerprint density at radius 3 is 2.20 bits per heavy atom. The van der Waals surface area contributed by atoms with Gasteiger partial charge in [-0.05, 0) is 24.3 Å². The average Bonchev–Trinajstić information content (AvgIpc) is 1.99. The minimum atomic E-state index is 0.0499. The van der Waals surface area contributed by atoms with Crippen molar-refractivity contribution in [3.05, 3.63) is 0 Å². The summed E-state index contributed by atoms with van der Waals surface area (Å²) in [6.45, 7) is 11.0. The third-order valence-corrected chi connectivity index (χ3v) is 2.32. The fraction of sp³-hybridized carbons (Fsp3) is 0.917. The zero-order chi connectivity index (χ0) is 12.1. The largest absolute Gasteiger partial charge is 0.353 e. The van der Waals surface area contributed by atoms with Gasteiger partial charge in [0.05, 0.1) is 0 Å². The van der Waals surface area contributed by atoms with Crippen LogP contribution < -0.4 is 11.1 Å². The van der Waals surface area contributed by atoms with Crippen molar-refractivity contribution in [2.75, 3.05) is 6.54 Å². The van der Waals surface area contributed by atoms with Gasteiger partial charge in [-0.3, -0.25) is 4.79 Å². The molecule has 0 heterocycles. The van der Waals surface area contributed by atoms with E-state index in [0.29, 0.717) is 18.9 Å². The van der Waals surface area contributed by atoms with E-state index in [0.717, 1.165) is 6.42 Å². The highest BCUT2D eigenvalue weighted by atomic mass is 16.1. The smallest absolute Gasteiger partial charge is 0.220 e. The molecule has 1 unspecified atom stereocenters. The van der Waals surface area contributed by atoms with Crippen LogP contribution in [0.2, 0.25) is 0 Å². The Hall–Kier alpha value is -0.570. The fourth-order valence-electron chi connectivity index (χ4n) is 1.49. The molecule has 0 aromatic carbocycles. The summed E-state index contributed by atoms with van der Waals surface area (Å²) in [5.74, 6) is 0.576. The first-order chi connectivity index (χ1) is 6.76. The summed E-state index contributed by atoms with van der Waals surface area (Å²) in [5.41, 5.74) is 5.57. The summed E-state index contributed by atoms with van der Waals surface area (Å²) in [4.78, 5) is 11.7. The number of hydrogen-bond acceptors (Lipinski definition) is 2. The maximum absolute atomic E-state index is 11.7. The van der Waals surface area contributed by atoms with Gasteiger partial charge in [-0.25, -0.2) is 0 Å². The Kier molecular flexibility index (Phi) is 5.88. The highest BCUT2D eigenvalue weighted by Crippen LogP contribution is 2.18. The third-order valence-electron chi connectivity index (χ3n) is 2.32. The van der Waals surface area contributed by atoms with Gasteiger partial charge in [0.2, 0.25) is 5.91 Å². The molecule has 15 heavy (non-hydrogen) atoms. The normalized spacial score (nSPS) is 14.1. The number of nitrogens with two attached hydrogens (primary N) is 1. The molecule has 0 fully saturated rings. The van der Waals surface area contributed by atoms with Crippen LogP contribution in [0.15, 0.2) is 0 Å². The summed E-state index contributed by atoms with van der Waals surface area (Å²) in [5, 5.41) is 3.05. The quantitative estimate of drug-likeness (QED) is 0.734. The van der Waals surface area contributed by atoms with E-state index in [1.54, 1.807) is 0 Å². The average molecular weight is 214 g/mol. The van der Waals surface area contributed by atoms with Crippen molar-refractivity contribution in [2.45, 2.75) is 53.5 Å². The molecule has 0 spiro atoms. The van der Waals surface area contributed by atoms with E-state index in [-0.39, 0.29) is 17.4 Å². The molecule has 0 aromatic rings. The molecule has 0 aromatic heterocycles. The second-order valence-corrected chi connectivity index (χ2v) is 5.73. The first kappa shape index (κ1) is 14.4. The minimum absolute atomic E-state index is 0.0499. The summed E-state index contributed by atoms with van der Waals surface area (Å²) in [6, 6.07) is 0.213. The molecule has 90 valence electrons. The molecular weight excluding hydrogens is 188 g/mol. The molecule has 3 N–H and O–H groups in total.